The third kappa shape index (κ3) is 3.94. The molecule has 0 bridgehead atoms. The molecule has 0 saturated carbocycles. The SMILES string of the molecule is CCC(=O)N[C@H](C)c1cccc(N2CC[C@@H](N(C)C)C2)n1. The van der Waals surface area contributed by atoms with Crippen molar-refractivity contribution >= 4 is 11.7 Å². The lowest BCUT2D eigenvalue weighted by Gasteiger charge is -2.22. The third-order valence-electron chi connectivity index (χ3n) is 4.12. The minimum absolute atomic E-state index is 0.0513. The van der Waals surface area contributed by atoms with Crippen LogP contribution in [0.1, 0.15) is 38.4 Å². The number of aromatic nitrogens is 1. The van der Waals surface area contributed by atoms with Crippen molar-refractivity contribution in [2.75, 3.05) is 32.1 Å². The summed E-state index contributed by atoms with van der Waals surface area (Å²) in [6.45, 7) is 5.89. The largest absolute Gasteiger partial charge is 0.355 e. The molecule has 1 aromatic rings. The molecule has 2 atom stereocenters. The molecular weight excluding hydrogens is 264 g/mol. The lowest BCUT2D eigenvalue weighted by molar-refractivity contribution is -0.121. The summed E-state index contributed by atoms with van der Waals surface area (Å²) in [6.07, 6.45) is 1.67. The minimum atomic E-state index is -0.0513. The van der Waals surface area contributed by atoms with Crippen LogP contribution in [0.25, 0.3) is 0 Å². The highest BCUT2D eigenvalue weighted by atomic mass is 16.1. The van der Waals surface area contributed by atoms with E-state index in [1.165, 1.54) is 6.42 Å². The van der Waals surface area contributed by atoms with Gasteiger partial charge in [0.1, 0.15) is 5.82 Å². The molecule has 1 aliphatic heterocycles. The van der Waals surface area contributed by atoms with E-state index in [4.69, 9.17) is 4.98 Å². The van der Waals surface area contributed by atoms with Crippen LogP contribution in [0.15, 0.2) is 18.2 Å². The van der Waals surface area contributed by atoms with Gasteiger partial charge in [-0.3, -0.25) is 4.79 Å². The van der Waals surface area contributed by atoms with E-state index in [0.29, 0.717) is 12.5 Å². The molecule has 1 aliphatic rings. The summed E-state index contributed by atoms with van der Waals surface area (Å²) in [5.41, 5.74) is 0.919. The van der Waals surface area contributed by atoms with Gasteiger partial charge < -0.3 is 15.1 Å². The average Bonchev–Trinajstić information content (AvgIpc) is 2.97. The Morgan fingerprint density at radius 1 is 1.52 bits per heavy atom. The van der Waals surface area contributed by atoms with Crippen molar-refractivity contribution < 1.29 is 4.79 Å². The summed E-state index contributed by atoms with van der Waals surface area (Å²) in [5.74, 6) is 1.07. The second kappa shape index (κ2) is 6.89. The third-order valence-corrected chi connectivity index (χ3v) is 4.12. The molecule has 0 radical (unpaired) electrons. The second-order valence-electron chi connectivity index (χ2n) is 5.92. The van der Waals surface area contributed by atoms with Crippen molar-refractivity contribution in [3.8, 4) is 0 Å². The molecule has 2 rings (SSSR count). The summed E-state index contributed by atoms with van der Waals surface area (Å²) in [7, 11) is 4.25. The molecule has 1 saturated heterocycles. The van der Waals surface area contributed by atoms with Gasteiger partial charge in [-0.2, -0.15) is 0 Å². The number of amides is 1. The fourth-order valence-electron chi connectivity index (χ4n) is 2.65. The molecule has 5 heteroatoms. The van der Waals surface area contributed by atoms with Crippen molar-refractivity contribution in [3.63, 3.8) is 0 Å². The first-order valence-corrected chi connectivity index (χ1v) is 7.69. The highest BCUT2D eigenvalue weighted by Crippen LogP contribution is 2.22. The molecule has 2 heterocycles. The van der Waals surface area contributed by atoms with Crippen LogP contribution in [0.5, 0.6) is 0 Å². The van der Waals surface area contributed by atoms with Crippen LogP contribution in [0.2, 0.25) is 0 Å². The average molecular weight is 290 g/mol. The lowest BCUT2D eigenvalue weighted by Crippen LogP contribution is -2.32. The molecule has 0 spiro atoms. The van der Waals surface area contributed by atoms with E-state index < -0.39 is 0 Å². The summed E-state index contributed by atoms with van der Waals surface area (Å²) < 4.78 is 0. The Balaban J connectivity index is 2.06. The van der Waals surface area contributed by atoms with Crippen LogP contribution >= 0.6 is 0 Å². The zero-order valence-electron chi connectivity index (χ0n) is 13.5. The zero-order valence-corrected chi connectivity index (χ0v) is 13.5. The van der Waals surface area contributed by atoms with E-state index in [0.717, 1.165) is 24.6 Å². The molecule has 1 fully saturated rings. The number of carbonyl (C=O) groups excluding carboxylic acids is 1. The number of rotatable bonds is 5. The first-order chi connectivity index (χ1) is 10.0. The van der Waals surface area contributed by atoms with E-state index in [1.54, 1.807) is 0 Å². The van der Waals surface area contributed by atoms with E-state index in [2.05, 4.69) is 35.3 Å². The number of nitrogens with one attached hydrogen (secondary N) is 1. The maximum absolute atomic E-state index is 11.5. The van der Waals surface area contributed by atoms with Crippen molar-refractivity contribution in [2.24, 2.45) is 0 Å². The Bertz CT molecular complexity index is 489. The van der Waals surface area contributed by atoms with Gasteiger partial charge in [0, 0.05) is 25.6 Å². The highest BCUT2D eigenvalue weighted by Gasteiger charge is 2.25. The number of nitrogens with zero attached hydrogens (tertiary/aromatic N) is 3. The molecule has 116 valence electrons. The van der Waals surface area contributed by atoms with Gasteiger partial charge in [0.15, 0.2) is 0 Å². The number of pyridine rings is 1. The Hall–Kier alpha value is -1.62. The van der Waals surface area contributed by atoms with Gasteiger partial charge in [0.2, 0.25) is 5.91 Å². The summed E-state index contributed by atoms with van der Waals surface area (Å²) in [6, 6.07) is 6.59. The Kier molecular flexibility index (Phi) is 5.17. The molecule has 0 unspecified atom stereocenters. The molecule has 21 heavy (non-hydrogen) atoms. The quantitative estimate of drug-likeness (QED) is 0.898. The summed E-state index contributed by atoms with van der Waals surface area (Å²) in [4.78, 5) is 20.8. The first kappa shape index (κ1) is 15.8. The number of hydrogen-bond acceptors (Lipinski definition) is 4. The van der Waals surface area contributed by atoms with Crippen molar-refractivity contribution in [1.29, 1.82) is 0 Å². The van der Waals surface area contributed by atoms with Crippen LogP contribution in [0.3, 0.4) is 0 Å². The minimum Gasteiger partial charge on any atom is -0.355 e. The summed E-state index contributed by atoms with van der Waals surface area (Å²) >= 11 is 0. The number of anilines is 1. The van der Waals surface area contributed by atoms with E-state index in [1.807, 2.05) is 26.0 Å². The maximum atomic E-state index is 11.5. The predicted octanol–water partition coefficient (Wildman–Crippen LogP) is 1.81. The first-order valence-electron chi connectivity index (χ1n) is 7.69. The molecule has 1 aromatic heterocycles. The normalized spacial score (nSPS) is 19.9. The lowest BCUT2D eigenvalue weighted by atomic mass is 10.2. The fraction of sp³-hybridized carbons (Fsp3) is 0.625. The molecular formula is C16H26N4O. The van der Waals surface area contributed by atoms with Crippen molar-refractivity contribution in [3.05, 3.63) is 23.9 Å². The number of carbonyl (C=O) groups is 1. The van der Waals surface area contributed by atoms with Crippen LogP contribution in [0, 0.1) is 0 Å². The topological polar surface area (TPSA) is 48.5 Å². The Morgan fingerprint density at radius 3 is 2.90 bits per heavy atom. The monoisotopic (exact) mass is 290 g/mol. The van der Waals surface area contributed by atoms with Crippen LogP contribution in [0.4, 0.5) is 5.82 Å². The molecule has 1 N–H and O–H groups in total. The second-order valence-corrected chi connectivity index (χ2v) is 5.92. The van der Waals surface area contributed by atoms with Gasteiger partial charge in [0.05, 0.1) is 11.7 Å². The van der Waals surface area contributed by atoms with E-state index >= 15 is 0 Å². The molecule has 5 nitrogen and oxygen atoms in total. The molecule has 0 aromatic carbocycles. The van der Waals surface area contributed by atoms with Crippen LogP contribution in [-0.4, -0.2) is 49.0 Å². The Morgan fingerprint density at radius 2 is 2.29 bits per heavy atom. The predicted molar refractivity (Wildman–Crippen MR) is 85.4 cm³/mol. The van der Waals surface area contributed by atoms with Crippen LogP contribution in [-0.2, 0) is 4.79 Å². The van der Waals surface area contributed by atoms with Crippen molar-refractivity contribution in [1.82, 2.24) is 15.2 Å². The van der Waals surface area contributed by atoms with Gasteiger partial charge in [-0.1, -0.05) is 13.0 Å². The maximum Gasteiger partial charge on any atom is 0.220 e. The fourth-order valence-corrected chi connectivity index (χ4v) is 2.65. The van der Waals surface area contributed by atoms with E-state index in [9.17, 15) is 4.79 Å². The zero-order chi connectivity index (χ0) is 15.4. The molecule has 1 amide bonds. The van der Waals surface area contributed by atoms with Gasteiger partial charge in [-0.15, -0.1) is 0 Å². The van der Waals surface area contributed by atoms with E-state index in [-0.39, 0.29) is 11.9 Å². The van der Waals surface area contributed by atoms with Gasteiger partial charge in [0.25, 0.3) is 0 Å². The Labute approximate surface area is 127 Å². The molecule has 0 aliphatic carbocycles. The van der Waals surface area contributed by atoms with Crippen molar-refractivity contribution in [2.45, 2.75) is 38.8 Å². The van der Waals surface area contributed by atoms with Crippen LogP contribution < -0.4 is 10.2 Å². The van der Waals surface area contributed by atoms with Gasteiger partial charge >= 0.3 is 0 Å². The highest BCUT2D eigenvalue weighted by molar-refractivity contribution is 5.75. The standard InChI is InChI=1S/C16H26N4O/c1-5-16(21)17-12(2)14-7-6-8-15(18-14)20-10-9-13(11-20)19(3)4/h6-8,12-13H,5,9-11H2,1-4H3,(H,17,21)/t12-,13-/m1/s1. The number of hydrogen-bond donors (Lipinski definition) is 1. The number of likely N-dealkylation sites (N-methyl/N-ethyl adjacent to an activating group) is 1. The van der Waals surface area contributed by atoms with Gasteiger partial charge in [-0.25, -0.2) is 4.98 Å². The smallest absolute Gasteiger partial charge is 0.220 e. The van der Waals surface area contributed by atoms with Gasteiger partial charge in [-0.05, 0) is 39.6 Å². The summed E-state index contributed by atoms with van der Waals surface area (Å²) in [5, 5.41) is 2.96.